The van der Waals surface area contributed by atoms with Gasteiger partial charge in [0.25, 0.3) is 0 Å². The second-order valence-electron chi connectivity index (χ2n) is 7.35. The van der Waals surface area contributed by atoms with Crippen LogP contribution in [0.2, 0.25) is 0 Å². The fraction of sp³-hybridized carbons (Fsp3) is 0.381. The molecule has 0 aliphatic carbocycles. The number of aliphatic carboxylic acids is 1. The van der Waals surface area contributed by atoms with Crippen LogP contribution in [-0.2, 0) is 21.2 Å². The molecule has 0 saturated carbocycles. The van der Waals surface area contributed by atoms with Gasteiger partial charge in [-0.2, -0.15) is 4.31 Å². The van der Waals surface area contributed by atoms with E-state index in [0.717, 1.165) is 5.69 Å². The normalized spacial score (nSPS) is 15.6. The molecule has 0 spiro atoms. The Morgan fingerprint density at radius 3 is 2.25 bits per heavy atom. The lowest BCUT2D eigenvalue weighted by Crippen LogP contribution is -2.49. The zero-order valence-electron chi connectivity index (χ0n) is 16.5. The number of sulfonamides is 1. The Kier molecular flexibility index (Phi) is 5.76. The SMILES string of the molecule is Cc1ccc(C)c(N2CCN(S(=O)(=O)c3cc(CC(=O)O)ccc3C)CC2)c1. The molecule has 0 aromatic heterocycles. The topological polar surface area (TPSA) is 77.9 Å². The number of carboxylic acid groups (broad SMARTS) is 1. The molecule has 0 radical (unpaired) electrons. The van der Waals surface area contributed by atoms with Crippen LogP contribution in [0.3, 0.4) is 0 Å². The number of rotatable bonds is 5. The quantitative estimate of drug-likeness (QED) is 0.832. The highest BCUT2D eigenvalue weighted by Crippen LogP contribution is 2.26. The van der Waals surface area contributed by atoms with Crippen LogP contribution in [0, 0.1) is 20.8 Å². The maximum atomic E-state index is 13.2. The van der Waals surface area contributed by atoms with Gasteiger partial charge in [-0.05, 0) is 55.2 Å². The molecule has 3 rings (SSSR count). The van der Waals surface area contributed by atoms with Crippen molar-refractivity contribution in [3.8, 4) is 0 Å². The van der Waals surface area contributed by atoms with Crippen molar-refractivity contribution in [1.29, 1.82) is 0 Å². The summed E-state index contributed by atoms with van der Waals surface area (Å²) >= 11 is 0. The highest BCUT2D eigenvalue weighted by Gasteiger charge is 2.30. The van der Waals surface area contributed by atoms with E-state index in [1.54, 1.807) is 19.1 Å². The lowest BCUT2D eigenvalue weighted by Gasteiger charge is -2.36. The largest absolute Gasteiger partial charge is 0.481 e. The molecule has 2 aromatic rings. The van der Waals surface area contributed by atoms with E-state index in [1.807, 2.05) is 0 Å². The lowest BCUT2D eigenvalue weighted by molar-refractivity contribution is -0.136. The molecule has 1 heterocycles. The van der Waals surface area contributed by atoms with E-state index in [-0.39, 0.29) is 11.3 Å². The monoisotopic (exact) mass is 402 g/mol. The minimum Gasteiger partial charge on any atom is -0.481 e. The van der Waals surface area contributed by atoms with Crippen molar-refractivity contribution in [3.05, 3.63) is 58.7 Å². The summed E-state index contributed by atoms with van der Waals surface area (Å²) in [6.45, 7) is 7.90. The molecule has 0 bridgehead atoms. The van der Waals surface area contributed by atoms with Crippen LogP contribution in [0.1, 0.15) is 22.3 Å². The smallest absolute Gasteiger partial charge is 0.307 e. The molecule has 28 heavy (non-hydrogen) atoms. The second-order valence-corrected chi connectivity index (χ2v) is 9.26. The van der Waals surface area contributed by atoms with Crippen LogP contribution in [0.25, 0.3) is 0 Å². The van der Waals surface area contributed by atoms with Crippen LogP contribution < -0.4 is 4.90 Å². The molecular weight excluding hydrogens is 376 g/mol. The average molecular weight is 403 g/mol. The summed E-state index contributed by atoms with van der Waals surface area (Å²) in [7, 11) is -3.66. The van der Waals surface area contributed by atoms with Crippen molar-refractivity contribution in [3.63, 3.8) is 0 Å². The van der Waals surface area contributed by atoms with E-state index in [0.29, 0.717) is 37.3 Å². The molecule has 150 valence electrons. The number of hydrogen-bond acceptors (Lipinski definition) is 4. The Morgan fingerprint density at radius 2 is 1.61 bits per heavy atom. The highest BCUT2D eigenvalue weighted by molar-refractivity contribution is 7.89. The van der Waals surface area contributed by atoms with Crippen molar-refractivity contribution >= 4 is 21.7 Å². The molecular formula is C21H26N2O4S. The van der Waals surface area contributed by atoms with E-state index in [2.05, 4.69) is 36.9 Å². The van der Waals surface area contributed by atoms with Crippen molar-refractivity contribution in [2.24, 2.45) is 0 Å². The summed E-state index contributed by atoms with van der Waals surface area (Å²) in [5, 5.41) is 8.99. The van der Waals surface area contributed by atoms with Crippen LogP contribution in [0.4, 0.5) is 5.69 Å². The van der Waals surface area contributed by atoms with Crippen LogP contribution in [0.15, 0.2) is 41.3 Å². The third-order valence-corrected chi connectivity index (χ3v) is 7.21. The number of hydrogen-bond donors (Lipinski definition) is 1. The van der Waals surface area contributed by atoms with Crippen molar-refractivity contribution in [1.82, 2.24) is 4.31 Å². The standard InChI is InChI=1S/C21H26N2O4S/c1-15-4-5-16(2)19(12-15)22-8-10-23(11-9-22)28(26,27)20-13-18(14-21(24)25)7-6-17(20)3/h4-7,12-13H,8-11,14H2,1-3H3,(H,24,25). The van der Waals surface area contributed by atoms with Gasteiger partial charge in [0.05, 0.1) is 11.3 Å². The van der Waals surface area contributed by atoms with Crippen LogP contribution >= 0.6 is 0 Å². The molecule has 0 amide bonds. The zero-order chi connectivity index (χ0) is 20.5. The van der Waals surface area contributed by atoms with Gasteiger partial charge in [-0.25, -0.2) is 8.42 Å². The minimum absolute atomic E-state index is 0.191. The molecule has 1 aliphatic rings. The van der Waals surface area contributed by atoms with Gasteiger partial charge in [-0.15, -0.1) is 0 Å². The van der Waals surface area contributed by atoms with Crippen LogP contribution in [0.5, 0.6) is 0 Å². The first-order chi connectivity index (χ1) is 13.2. The number of piperazine rings is 1. The average Bonchev–Trinajstić information content (AvgIpc) is 2.65. The van der Waals surface area contributed by atoms with E-state index in [4.69, 9.17) is 5.11 Å². The molecule has 0 atom stereocenters. The summed E-state index contributed by atoms with van der Waals surface area (Å²) in [5.74, 6) is -0.977. The minimum atomic E-state index is -3.66. The van der Waals surface area contributed by atoms with Gasteiger partial charge in [0.1, 0.15) is 0 Å². The number of aryl methyl sites for hydroxylation is 3. The van der Waals surface area contributed by atoms with Crippen molar-refractivity contribution in [2.45, 2.75) is 32.1 Å². The Bertz CT molecular complexity index is 993. The van der Waals surface area contributed by atoms with Gasteiger partial charge < -0.3 is 10.0 Å². The summed E-state index contributed by atoms with van der Waals surface area (Å²) < 4.78 is 27.8. The fourth-order valence-corrected chi connectivity index (χ4v) is 5.27. The van der Waals surface area contributed by atoms with Gasteiger partial charge in [0, 0.05) is 31.9 Å². The molecule has 1 N–H and O–H groups in total. The Morgan fingerprint density at radius 1 is 0.964 bits per heavy atom. The number of nitrogens with zero attached hydrogens (tertiary/aromatic N) is 2. The van der Waals surface area contributed by atoms with E-state index in [1.165, 1.54) is 21.5 Å². The van der Waals surface area contributed by atoms with Gasteiger partial charge in [-0.1, -0.05) is 24.3 Å². The van der Waals surface area contributed by atoms with Gasteiger partial charge >= 0.3 is 5.97 Å². The molecule has 1 saturated heterocycles. The van der Waals surface area contributed by atoms with E-state index < -0.39 is 16.0 Å². The van der Waals surface area contributed by atoms with Crippen LogP contribution in [-0.4, -0.2) is 50.0 Å². The zero-order valence-corrected chi connectivity index (χ0v) is 17.3. The van der Waals surface area contributed by atoms with E-state index in [9.17, 15) is 13.2 Å². The summed E-state index contributed by atoms with van der Waals surface area (Å²) in [4.78, 5) is 13.4. The molecule has 1 fully saturated rings. The Balaban J connectivity index is 1.80. The third-order valence-electron chi connectivity index (χ3n) is 5.17. The van der Waals surface area contributed by atoms with Gasteiger partial charge in [0.15, 0.2) is 0 Å². The first-order valence-corrected chi connectivity index (χ1v) is 10.8. The maximum Gasteiger partial charge on any atom is 0.307 e. The van der Waals surface area contributed by atoms with Crippen molar-refractivity contribution < 1.29 is 18.3 Å². The molecule has 1 aliphatic heterocycles. The Labute approximate surface area is 166 Å². The number of carboxylic acids is 1. The Hall–Kier alpha value is -2.38. The highest BCUT2D eigenvalue weighted by atomic mass is 32.2. The predicted molar refractivity (Wildman–Crippen MR) is 109 cm³/mol. The van der Waals surface area contributed by atoms with Crippen molar-refractivity contribution in [2.75, 3.05) is 31.1 Å². The summed E-state index contributed by atoms with van der Waals surface area (Å²) in [5.41, 5.74) is 4.63. The number of carbonyl (C=O) groups is 1. The second kappa shape index (κ2) is 7.93. The number of benzene rings is 2. The van der Waals surface area contributed by atoms with Gasteiger partial charge in [-0.3, -0.25) is 4.79 Å². The first-order valence-electron chi connectivity index (χ1n) is 9.32. The third kappa shape index (κ3) is 4.20. The van der Waals surface area contributed by atoms with E-state index >= 15 is 0 Å². The summed E-state index contributed by atoms with van der Waals surface area (Å²) in [6.07, 6.45) is -0.191. The molecule has 0 unspecified atom stereocenters. The summed E-state index contributed by atoms with van der Waals surface area (Å²) in [6, 6.07) is 11.1. The maximum absolute atomic E-state index is 13.2. The molecule has 6 nitrogen and oxygen atoms in total. The first kappa shape index (κ1) is 20.4. The predicted octanol–water partition coefficient (Wildman–Crippen LogP) is 2.75. The molecule has 2 aromatic carbocycles. The molecule has 7 heteroatoms. The number of anilines is 1. The fourth-order valence-electron chi connectivity index (χ4n) is 3.58. The lowest BCUT2D eigenvalue weighted by atomic mass is 10.1. The van der Waals surface area contributed by atoms with Gasteiger partial charge in [0.2, 0.25) is 10.0 Å².